The number of hydrogen-bond acceptors (Lipinski definition) is 4. The van der Waals surface area contributed by atoms with Crippen LogP contribution >= 0.6 is 11.6 Å². The van der Waals surface area contributed by atoms with E-state index in [2.05, 4.69) is 11.9 Å². The lowest BCUT2D eigenvalue weighted by Crippen LogP contribution is -2.13. The Kier molecular flexibility index (Phi) is 6.86. The smallest absolute Gasteiger partial charge is 0.335 e. The molecule has 0 aliphatic heterocycles. The van der Waals surface area contributed by atoms with Crippen molar-refractivity contribution in [3.63, 3.8) is 0 Å². The minimum absolute atomic E-state index is 0.274. The topological polar surface area (TPSA) is 67.8 Å². The molecule has 2 N–H and O–H groups in total. The second kappa shape index (κ2) is 9.11. The number of ether oxygens (including phenoxy) is 2. The van der Waals surface area contributed by atoms with E-state index in [0.29, 0.717) is 36.2 Å². The number of carboxylic acid groups (broad SMARTS) is 1. The summed E-state index contributed by atoms with van der Waals surface area (Å²) in [6.45, 7) is 5.15. The molecule has 0 radical (unpaired) electrons. The van der Waals surface area contributed by atoms with Crippen LogP contribution in [0, 0.1) is 0 Å². The standard InChI is InChI=1S/C19H20ClNO4/c1-3-8-25-18-16(20)9-14(10-17(18)24-2)12-21-11-13-4-6-15(7-5-13)19(22)23/h3-7,9-10,21H,1,8,11-12H2,2H3,(H,22,23). The molecule has 0 heterocycles. The highest BCUT2D eigenvalue weighted by molar-refractivity contribution is 6.32. The molecule has 0 aliphatic carbocycles. The van der Waals surface area contributed by atoms with Gasteiger partial charge in [0.05, 0.1) is 17.7 Å². The van der Waals surface area contributed by atoms with Crippen LogP contribution in [-0.4, -0.2) is 24.8 Å². The Morgan fingerprint density at radius 2 is 1.92 bits per heavy atom. The number of rotatable bonds is 9. The number of nitrogens with one attached hydrogen (secondary N) is 1. The molecule has 25 heavy (non-hydrogen) atoms. The van der Waals surface area contributed by atoms with Crippen LogP contribution in [0.4, 0.5) is 0 Å². The van der Waals surface area contributed by atoms with Crippen LogP contribution in [0.1, 0.15) is 21.5 Å². The van der Waals surface area contributed by atoms with E-state index in [1.54, 1.807) is 37.5 Å². The van der Waals surface area contributed by atoms with Gasteiger partial charge < -0.3 is 19.9 Å². The van der Waals surface area contributed by atoms with Crippen LogP contribution in [0.15, 0.2) is 49.1 Å². The van der Waals surface area contributed by atoms with Crippen molar-refractivity contribution in [2.75, 3.05) is 13.7 Å². The largest absolute Gasteiger partial charge is 0.493 e. The van der Waals surface area contributed by atoms with Gasteiger partial charge in [-0.15, -0.1) is 0 Å². The summed E-state index contributed by atoms with van der Waals surface area (Å²) in [7, 11) is 1.56. The van der Waals surface area contributed by atoms with Crippen LogP contribution in [-0.2, 0) is 13.1 Å². The molecule has 0 aromatic heterocycles. The Morgan fingerprint density at radius 1 is 1.24 bits per heavy atom. The van der Waals surface area contributed by atoms with Gasteiger partial charge in [0.1, 0.15) is 6.61 Å². The average Bonchev–Trinajstić information content (AvgIpc) is 2.61. The second-order valence-electron chi connectivity index (χ2n) is 5.31. The normalized spacial score (nSPS) is 10.3. The second-order valence-corrected chi connectivity index (χ2v) is 5.72. The van der Waals surface area contributed by atoms with E-state index in [0.717, 1.165) is 11.1 Å². The van der Waals surface area contributed by atoms with E-state index in [9.17, 15) is 4.79 Å². The van der Waals surface area contributed by atoms with Gasteiger partial charge in [-0.25, -0.2) is 4.79 Å². The van der Waals surface area contributed by atoms with Gasteiger partial charge in [0.2, 0.25) is 0 Å². The third-order valence-electron chi connectivity index (χ3n) is 3.49. The number of halogens is 1. The lowest BCUT2D eigenvalue weighted by molar-refractivity contribution is 0.0697. The maximum atomic E-state index is 10.8. The summed E-state index contributed by atoms with van der Waals surface area (Å²) >= 11 is 6.27. The Morgan fingerprint density at radius 3 is 2.52 bits per heavy atom. The van der Waals surface area contributed by atoms with Crippen LogP contribution < -0.4 is 14.8 Å². The van der Waals surface area contributed by atoms with Crippen molar-refractivity contribution in [2.45, 2.75) is 13.1 Å². The summed E-state index contributed by atoms with van der Waals surface area (Å²) in [5.74, 6) is 0.133. The first kappa shape index (κ1) is 18.8. The molecule has 0 aliphatic rings. The number of aromatic carboxylic acids is 1. The van der Waals surface area contributed by atoms with Crippen molar-refractivity contribution in [1.29, 1.82) is 0 Å². The predicted octanol–water partition coefficient (Wildman–Crippen LogP) is 3.90. The molecule has 5 nitrogen and oxygen atoms in total. The molecule has 6 heteroatoms. The molecular formula is C19H20ClNO4. The Labute approximate surface area is 151 Å². The lowest BCUT2D eigenvalue weighted by Gasteiger charge is -2.13. The minimum atomic E-state index is -0.931. The monoisotopic (exact) mass is 361 g/mol. The van der Waals surface area contributed by atoms with Gasteiger partial charge in [0.25, 0.3) is 0 Å². The molecule has 0 fully saturated rings. The molecule has 0 amide bonds. The summed E-state index contributed by atoms with van der Waals surface area (Å²) in [6.07, 6.45) is 1.64. The highest BCUT2D eigenvalue weighted by atomic mass is 35.5. The van der Waals surface area contributed by atoms with Crippen LogP contribution in [0.2, 0.25) is 5.02 Å². The van der Waals surface area contributed by atoms with Crippen molar-refractivity contribution >= 4 is 17.6 Å². The predicted molar refractivity (Wildman–Crippen MR) is 97.6 cm³/mol. The van der Waals surface area contributed by atoms with Gasteiger partial charge in [-0.1, -0.05) is 36.4 Å². The Hall–Kier alpha value is -2.50. The molecule has 0 saturated heterocycles. The summed E-state index contributed by atoms with van der Waals surface area (Å²) in [5, 5.41) is 12.7. The van der Waals surface area contributed by atoms with E-state index < -0.39 is 5.97 Å². The summed E-state index contributed by atoms with van der Waals surface area (Å²) in [4.78, 5) is 10.8. The van der Waals surface area contributed by atoms with E-state index in [1.807, 2.05) is 12.1 Å². The van der Waals surface area contributed by atoms with Gasteiger partial charge in [-0.2, -0.15) is 0 Å². The van der Waals surface area contributed by atoms with Crippen molar-refractivity contribution in [2.24, 2.45) is 0 Å². The zero-order chi connectivity index (χ0) is 18.2. The minimum Gasteiger partial charge on any atom is -0.493 e. The first-order valence-corrected chi connectivity index (χ1v) is 8.06. The van der Waals surface area contributed by atoms with Gasteiger partial charge in [0.15, 0.2) is 11.5 Å². The zero-order valence-corrected chi connectivity index (χ0v) is 14.7. The average molecular weight is 362 g/mol. The molecule has 0 spiro atoms. The van der Waals surface area contributed by atoms with Crippen molar-refractivity contribution in [3.05, 3.63) is 70.8 Å². The van der Waals surface area contributed by atoms with Gasteiger partial charge in [0, 0.05) is 13.1 Å². The maximum absolute atomic E-state index is 10.8. The van der Waals surface area contributed by atoms with Gasteiger partial charge in [-0.05, 0) is 35.4 Å². The molecule has 0 atom stereocenters. The molecule has 0 unspecified atom stereocenters. The van der Waals surface area contributed by atoms with Crippen LogP contribution in [0.5, 0.6) is 11.5 Å². The molecule has 2 rings (SSSR count). The molecule has 132 valence electrons. The van der Waals surface area contributed by atoms with E-state index >= 15 is 0 Å². The first-order valence-electron chi connectivity index (χ1n) is 7.68. The Balaban J connectivity index is 1.99. The van der Waals surface area contributed by atoms with Crippen LogP contribution in [0.3, 0.4) is 0 Å². The molecule has 2 aromatic rings. The number of carbonyl (C=O) groups is 1. The summed E-state index contributed by atoms with van der Waals surface area (Å²) in [6, 6.07) is 10.4. The highest BCUT2D eigenvalue weighted by Crippen LogP contribution is 2.36. The fourth-order valence-corrected chi connectivity index (χ4v) is 2.56. The fourth-order valence-electron chi connectivity index (χ4n) is 2.27. The number of methoxy groups -OCH3 is 1. The third kappa shape index (κ3) is 5.24. The summed E-state index contributed by atoms with van der Waals surface area (Å²) in [5.41, 5.74) is 2.22. The molecular weight excluding hydrogens is 342 g/mol. The van der Waals surface area contributed by atoms with Gasteiger partial charge >= 0.3 is 5.97 Å². The lowest BCUT2D eigenvalue weighted by atomic mass is 10.1. The number of benzene rings is 2. The fraction of sp³-hybridized carbons (Fsp3) is 0.211. The van der Waals surface area contributed by atoms with Crippen molar-refractivity contribution in [1.82, 2.24) is 5.32 Å². The first-order chi connectivity index (χ1) is 12.0. The number of carboxylic acids is 1. The molecule has 0 bridgehead atoms. The van der Waals surface area contributed by atoms with E-state index in [4.69, 9.17) is 26.2 Å². The van der Waals surface area contributed by atoms with E-state index in [-0.39, 0.29) is 5.56 Å². The summed E-state index contributed by atoms with van der Waals surface area (Å²) < 4.78 is 10.9. The number of hydrogen-bond donors (Lipinski definition) is 2. The maximum Gasteiger partial charge on any atom is 0.335 e. The van der Waals surface area contributed by atoms with Crippen molar-refractivity contribution in [3.8, 4) is 11.5 Å². The molecule has 2 aromatic carbocycles. The zero-order valence-electron chi connectivity index (χ0n) is 13.9. The van der Waals surface area contributed by atoms with E-state index in [1.165, 1.54) is 0 Å². The highest BCUT2D eigenvalue weighted by Gasteiger charge is 2.11. The Bertz CT molecular complexity index is 744. The third-order valence-corrected chi connectivity index (χ3v) is 3.77. The SMILES string of the molecule is C=CCOc1c(Cl)cc(CNCc2ccc(C(=O)O)cc2)cc1OC. The van der Waals surface area contributed by atoms with Gasteiger partial charge in [-0.3, -0.25) is 0 Å². The molecule has 0 saturated carbocycles. The van der Waals surface area contributed by atoms with Crippen molar-refractivity contribution < 1.29 is 19.4 Å². The van der Waals surface area contributed by atoms with Crippen LogP contribution in [0.25, 0.3) is 0 Å². The quantitative estimate of drug-likeness (QED) is 0.663.